The Morgan fingerprint density at radius 2 is 1.85 bits per heavy atom. The Kier molecular flexibility index (Phi) is 5.69. The molecule has 1 aromatic heterocycles. The first-order valence-electron chi connectivity index (χ1n) is 8.96. The molecular formula is C17H26N6O2S. The number of tetrazole rings is 1. The number of aromatic nitrogens is 4. The molecule has 3 rings (SSSR count). The second-order valence-electron chi connectivity index (χ2n) is 6.77. The van der Waals surface area contributed by atoms with Crippen LogP contribution in [0.5, 0.6) is 0 Å². The molecule has 0 N–H and O–H groups in total. The molecule has 0 bridgehead atoms. The molecule has 0 aliphatic carbocycles. The average Bonchev–Trinajstić information content (AvgIpc) is 3.05. The number of nitrogens with zero attached hydrogens (tertiary/aromatic N) is 6. The van der Waals surface area contributed by atoms with Crippen molar-refractivity contribution in [2.45, 2.75) is 45.2 Å². The van der Waals surface area contributed by atoms with Gasteiger partial charge in [-0.3, -0.25) is 4.90 Å². The van der Waals surface area contributed by atoms with Crippen LogP contribution in [0.3, 0.4) is 0 Å². The first-order valence-corrected chi connectivity index (χ1v) is 10.4. The lowest BCUT2D eigenvalue weighted by atomic mass is 10.2. The van der Waals surface area contributed by atoms with Crippen LogP contribution in [0, 0.1) is 13.8 Å². The molecule has 0 saturated carbocycles. The normalized spacial score (nSPS) is 16.9. The van der Waals surface area contributed by atoms with E-state index in [2.05, 4.69) is 27.3 Å². The van der Waals surface area contributed by atoms with Crippen LogP contribution < -0.4 is 0 Å². The van der Waals surface area contributed by atoms with Crippen molar-refractivity contribution in [2.75, 3.05) is 26.2 Å². The summed E-state index contributed by atoms with van der Waals surface area (Å²) in [4.78, 5) is 2.62. The van der Waals surface area contributed by atoms with Crippen molar-refractivity contribution in [3.05, 3.63) is 35.2 Å². The van der Waals surface area contributed by atoms with E-state index in [1.54, 1.807) is 10.4 Å². The maximum absolute atomic E-state index is 13.0. The second kappa shape index (κ2) is 7.81. The number of aryl methyl sites for hydroxylation is 3. The summed E-state index contributed by atoms with van der Waals surface area (Å²) in [7, 11) is -3.46. The molecule has 8 nitrogen and oxygen atoms in total. The molecule has 1 aliphatic heterocycles. The molecule has 0 spiro atoms. The van der Waals surface area contributed by atoms with Crippen molar-refractivity contribution in [1.29, 1.82) is 0 Å². The van der Waals surface area contributed by atoms with Crippen LogP contribution in [0.2, 0.25) is 0 Å². The van der Waals surface area contributed by atoms with Gasteiger partial charge in [-0.15, -0.1) is 5.10 Å². The van der Waals surface area contributed by atoms with E-state index in [0.29, 0.717) is 37.6 Å². The summed E-state index contributed by atoms with van der Waals surface area (Å²) in [6.45, 7) is 9.57. The maximum atomic E-state index is 13.0. The van der Waals surface area contributed by atoms with E-state index in [1.807, 2.05) is 30.7 Å². The van der Waals surface area contributed by atoms with E-state index in [-0.39, 0.29) is 0 Å². The fourth-order valence-electron chi connectivity index (χ4n) is 3.17. The Morgan fingerprint density at radius 1 is 1.12 bits per heavy atom. The van der Waals surface area contributed by atoms with Gasteiger partial charge in [-0.25, -0.2) is 13.1 Å². The Labute approximate surface area is 154 Å². The predicted octanol–water partition coefficient (Wildman–Crippen LogP) is 1.21. The van der Waals surface area contributed by atoms with Crippen molar-refractivity contribution in [3.63, 3.8) is 0 Å². The summed E-state index contributed by atoms with van der Waals surface area (Å²) in [6, 6.07) is 5.56. The highest BCUT2D eigenvalue weighted by atomic mass is 32.2. The van der Waals surface area contributed by atoms with Crippen LogP contribution in [0.25, 0.3) is 0 Å². The highest BCUT2D eigenvalue weighted by Crippen LogP contribution is 2.22. The Hall–Kier alpha value is -1.84. The molecule has 142 valence electrons. The molecule has 0 radical (unpaired) electrons. The molecule has 1 aromatic carbocycles. The molecule has 1 fully saturated rings. The van der Waals surface area contributed by atoms with Crippen LogP contribution in [0.15, 0.2) is 23.1 Å². The van der Waals surface area contributed by atoms with Crippen molar-refractivity contribution in [1.82, 2.24) is 29.4 Å². The largest absolute Gasteiger partial charge is 0.293 e. The molecule has 9 heteroatoms. The summed E-state index contributed by atoms with van der Waals surface area (Å²) in [5.74, 6) is 0.831. The Morgan fingerprint density at radius 3 is 2.54 bits per heavy atom. The van der Waals surface area contributed by atoms with E-state index < -0.39 is 10.0 Å². The molecule has 0 unspecified atom stereocenters. The van der Waals surface area contributed by atoms with Crippen LogP contribution in [-0.4, -0.2) is 64.0 Å². The summed E-state index contributed by atoms with van der Waals surface area (Å²) < 4.78 is 29.4. The minimum absolute atomic E-state index is 0.415. The second-order valence-corrected chi connectivity index (χ2v) is 8.67. The number of hydrogen-bond donors (Lipinski definition) is 0. The minimum atomic E-state index is -3.46. The monoisotopic (exact) mass is 378 g/mol. The van der Waals surface area contributed by atoms with Gasteiger partial charge in [0.2, 0.25) is 10.0 Å². The number of piperazine rings is 1. The van der Waals surface area contributed by atoms with E-state index in [1.165, 1.54) is 0 Å². The third kappa shape index (κ3) is 3.94. The lowest BCUT2D eigenvalue weighted by molar-refractivity contribution is 0.175. The molecule has 0 atom stereocenters. The minimum Gasteiger partial charge on any atom is -0.293 e. The maximum Gasteiger partial charge on any atom is 0.243 e. The van der Waals surface area contributed by atoms with Crippen molar-refractivity contribution in [2.24, 2.45) is 0 Å². The van der Waals surface area contributed by atoms with Gasteiger partial charge in [-0.2, -0.15) is 4.31 Å². The van der Waals surface area contributed by atoms with Gasteiger partial charge in [0.15, 0.2) is 5.82 Å². The number of rotatable bonds is 6. The number of benzene rings is 1. The van der Waals surface area contributed by atoms with E-state index in [4.69, 9.17) is 0 Å². The van der Waals surface area contributed by atoms with Gasteiger partial charge in [-0.05, 0) is 47.9 Å². The van der Waals surface area contributed by atoms with E-state index >= 15 is 0 Å². The summed E-state index contributed by atoms with van der Waals surface area (Å²) in [5, 5.41) is 11.8. The van der Waals surface area contributed by atoms with Crippen LogP contribution >= 0.6 is 0 Å². The third-order valence-corrected chi connectivity index (χ3v) is 6.74. The van der Waals surface area contributed by atoms with Crippen molar-refractivity contribution in [3.8, 4) is 0 Å². The fourth-order valence-corrected chi connectivity index (χ4v) is 4.91. The smallest absolute Gasteiger partial charge is 0.243 e. The first kappa shape index (κ1) is 18.9. The van der Waals surface area contributed by atoms with Crippen molar-refractivity contribution < 1.29 is 8.42 Å². The highest BCUT2D eigenvalue weighted by Gasteiger charge is 2.30. The number of hydrogen-bond acceptors (Lipinski definition) is 6. The Balaban J connectivity index is 1.66. The summed E-state index contributed by atoms with van der Waals surface area (Å²) in [6.07, 6.45) is 0.972. The molecule has 1 aliphatic rings. The van der Waals surface area contributed by atoms with Gasteiger partial charge in [0, 0.05) is 32.7 Å². The van der Waals surface area contributed by atoms with Crippen LogP contribution in [-0.2, 0) is 23.1 Å². The van der Waals surface area contributed by atoms with Gasteiger partial charge in [-0.1, -0.05) is 19.1 Å². The fraction of sp³-hybridized carbons (Fsp3) is 0.588. The van der Waals surface area contributed by atoms with Gasteiger partial charge in [0.05, 0.1) is 11.4 Å². The molecule has 0 amide bonds. The highest BCUT2D eigenvalue weighted by molar-refractivity contribution is 7.89. The predicted molar refractivity (Wildman–Crippen MR) is 98.1 cm³/mol. The zero-order valence-corrected chi connectivity index (χ0v) is 16.4. The van der Waals surface area contributed by atoms with Crippen LogP contribution in [0.4, 0.5) is 0 Å². The van der Waals surface area contributed by atoms with Crippen LogP contribution in [0.1, 0.15) is 30.3 Å². The first-order chi connectivity index (χ1) is 12.4. The topological polar surface area (TPSA) is 84.2 Å². The zero-order valence-electron chi connectivity index (χ0n) is 15.6. The van der Waals surface area contributed by atoms with Gasteiger partial charge in [0.1, 0.15) is 0 Å². The summed E-state index contributed by atoms with van der Waals surface area (Å²) >= 11 is 0. The van der Waals surface area contributed by atoms with E-state index in [0.717, 1.165) is 29.9 Å². The lowest BCUT2D eigenvalue weighted by Gasteiger charge is -2.33. The molecule has 2 heterocycles. The third-order valence-electron chi connectivity index (χ3n) is 4.70. The molecular weight excluding hydrogens is 352 g/mol. The van der Waals surface area contributed by atoms with Gasteiger partial charge in [0.25, 0.3) is 0 Å². The zero-order chi connectivity index (χ0) is 18.7. The average molecular weight is 379 g/mol. The molecule has 26 heavy (non-hydrogen) atoms. The standard InChI is InChI=1S/C17H26N6O2S/c1-4-7-23-17(18-19-20-23)13-21-8-10-22(11-9-21)26(24,25)16-12-14(2)5-6-15(16)3/h5-6,12H,4,7-11,13H2,1-3H3. The Bertz CT molecular complexity index is 856. The SMILES string of the molecule is CCCn1nnnc1CN1CCN(S(=O)(=O)c2cc(C)ccc2C)CC1. The number of sulfonamides is 1. The molecule has 1 saturated heterocycles. The summed E-state index contributed by atoms with van der Waals surface area (Å²) in [5.41, 5.74) is 1.74. The van der Waals surface area contributed by atoms with Crippen molar-refractivity contribution >= 4 is 10.0 Å². The van der Waals surface area contributed by atoms with E-state index in [9.17, 15) is 8.42 Å². The van der Waals surface area contributed by atoms with Gasteiger partial charge < -0.3 is 0 Å². The van der Waals surface area contributed by atoms with Gasteiger partial charge >= 0.3 is 0 Å². The quantitative estimate of drug-likeness (QED) is 0.751. The molecule has 2 aromatic rings. The lowest BCUT2D eigenvalue weighted by Crippen LogP contribution is -2.48.